The van der Waals surface area contributed by atoms with Gasteiger partial charge in [0.05, 0.1) is 19.3 Å². The van der Waals surface area contributed by atoms with Crippen LogP contribution in [0.5, 0.6) is 5.75 Å². The van der Waals surface area contributed by atoms with E-state index in [1.54, 1.807) is 12.4 Å². The molecule has 0 aromatic carbocycles. The van der Waals surface area contributed by atoms with E-state index in [0.29, 0.717) is 19.0 Å². The van der Waals surface area contributed by atoms with Gasteiger partial charge < -0.3 is 9.64 Å². The lowest BCUT2D eigenvalue weighted by Crippen LogP contribution is -2.57. The van der Waals surface area contributed by atoms with Crippen LogP contribution in [0, 0.1) is 5.92 Å². The van der Waals surface area contributed by atoms with Crippen molar-refractivity contribution in [3.05, 3.63) is 24.5 Å². The topological polar surface area (TPSA) is 42.4 Å². The predicted molar refractivity (Wildman–Crippen MR) is 78.5 cm³/mol. The first-order chi connectivity index (χ1) is 9.74. The Morgan fingerprint density at radius 3 is 2.65 bits per heavy atom. The second kappa shape index (κ2) is 7.27. The van der Waals surface area contributed by atoms with Crippen LogP contribution in [0.1, 0.15) is 39.5 Å². The Hall–Kier alpha value is -1.58. The van der Waals surface area contributed by atoms with E-state index in [9.17, 15) is 4.79 Å². The van der Waals surface area contributed by atoms with Crippen LogP contribution >= 0.6 is 0 Å². The zero-order valence-electron chi connectivity index (χ0n) is 12.4. The van der Waals surface area contributed by atoms with Crippen molar-refractivity contribution in [2.75, 3.05) is 13.1 Å². The third-order valence-electron chi connectivity index (χ3n) is 3.72. The summed E-state index contributed by atoms with van der Waals surface area (Å²) in [7, 11) is 0. The van der Waals surface area contributed by atoms with Gasteiger partial charge in [-0.05, 0) is 25.0 Å². The molecule has 4 nitrogen and oxygen atoms in total. The predicted octanol–water partition coefficient (Wildman–Crippen LogP) is 2.89. The molecule has 20 heavy (non-hydrogen) atoms. The molecule has 2 rings (SSSR count). The molecular weight excluding hydrogens is 252 g/mol. The summed E-state index contributed by atoms with van der Waals surface area (Å²) in [5, 5.41) is 0. The Bertz CT molecular complexity index is 410. The molecule has 1 saturated heterocycles. The van der Waals surface area contributed by atoms with Crippen LogP contribution in [0.2, 0.25) is 0 Å². The summed E-state index contributed by atoms with van der Waals surface area (Å²) in [5.74, 6) is 1.28. The van der Waals surface area contributed by atoms with E-state index in [2.05, 4.69) is 18.8 Å². The highest BCUT2D eigenvalue weighted by Gasteiger charge is 2.35. The second-order valence-corrected chi connectivity index (χ2v) is 5.45. The molecule has 0 aliphatic carbocycles. The first-order valence-corrected chi connectivity index (χ1v) is 7.60. The monoisotopic (exact) mass is 276 g/mol. The van der Waals surface area contributed by atoms with Crippen molar-refractivity contribution in [3.63, 3.8) is 0 Å². The highest BCUT2D eigenvalue weighted by Crippen LogP contribution is 2.22. The Morgan fingerprint density at radius 1 is 1.40 bits per heavy atom. The normalized spacial score (nSPS) is 15.2. The molecule has 0 atom stereocenters. The summed E-state index contributed by atoms with van der Waals surface area (Å²) in [6, 6.07) is 3.75. The number of aromatic nitrogens is 1. The Morgan fingerprint density at radius 2 is 2.10 bits per heavy atom. The van der Waals surface area contributed by atoms with Crippen LogP contribution in [0.25, 0.3) is 0 Å². The molecule has 1 fully saturated rings. The molecule has 2 heterocycles. The molecule has 0 saturated carbocycles. The van der Waals surface area contributed by atoms with E-state index < -0.39 is 0 Å². The van der Waals surface area contributed by atoms with Crippen molar-refractivity contribution in [1.29, 1.82) is 0 Å². The van der Waals surface area contributed by atoms with Crippen molar-refractivity contribution in [2.45, 2.75) is 45.6 Å². The van der Waals surface area contributed by atoms with Gasteiger partial charge in [0.25, 0.3) is 0 Å². The van der Waals surface area contributed by atoms with E-state index in [4.69, 9.17) is 4.74 Å². The number of carbonyl (C=O) groups is 1. The third-order valence-corrected chi connectivity index (χ3v) is 3.72. The minimum Gasteiger partial charge on any atom is -0.485 e. The standard InChI is InChI=1S/C16H24N2O2/c1-3-6-13(7-4-2)16(19)18-11-15(12-18)20-14-8-5-9-17-10-14/h5,8-10,13,15H,3-4,6-7,11-12H2,1-2H3. The summed E-state index contributed by atoms with van der Waals surface area (Å²) in [6.07, 6.45) is 7.69. The Labute approximate surface area is 121 Å². The van der Waals surface area contributed by atoms with Crippen molar-refractivity contribution >= 4 is 5.91 Å². The average molecular weight is 276 g/mol. The minimum atomic E-state index is 0.118. The van der Waals surface area contributed by atoms with Crippen LogP contribution in [0.15, 0.2) is 24.5 Å². The van der Waals surface area contributed by atoms with E-state index in [0.717, 1.165) is 31.4 Å². The molecule has 0 bridgehead atoms. The van der Waals surface area contributed by atoms with Crippen molar-refractivity contribution in [3.8, 4) is 5.75 Å². The molecule has 4 heteroatoms. The maximum Gasteiger partial charge on any atom is 0.225 e. The van der Waals surface area contributed by atoms with Gasteiger partial charge in [-0.15, -0.1) is 0 Å². The van der Waals surface area contributed by atoms with E-state index in [-0.39, 0.29) is 12.0 Å². The molecule has 0 spiro atoms. The van der Waals surface area contributed by atoms with E-state index >= 15 is 0 Å². The number of pyridine rings is 1. The first kappa shape index (κ1) is 14.8. The number of hydrogen-bond acceptors (Lipinski definition) is 3. The fourth-order valence-electron chi connectivity index (χ4n) is 2.65. The van der Waals surface area contributed by atoms with E-state index in [1.807, 2.05) is 17.0 Å². The molecule has 1 aromatic heterocycles. The van der Waals surface area contributed by atoms with Gasteiger partial charge in [0.15, 0.2) is 0 Å². The number of likely N-dealkylation sites (tertiary alicyclic amines) is 1. The van der Waals surface area contributed by atoms with Crippen LogP contribution in [-0.2, 0) is 4.79 Å². The SMILES string of the molecule is CCCC(CCC)C(=O)N1CC(Oc2cccnc2)C1. The summed E-state index contributed by atoms with van der Waals surface area (Å²) < 4.78 is 5.77. The smallest absolute Gasteiger partial charge is 0.225 e. The second-order valence-electron chi connectivity index (χ2n) is 5.45. The third kappa shape index (κ3) is 3.71. The molecule has 0 radical (unpaired) electrons. The molecule has 0 unspecified atom stereocenters. The fourth-order valence-corrected chi connectivity index (χ4v) is 2.65. The number of amides is 1. The van der Waals surface area contributed by atoms with Gasteiger partial charge in [0.1, 0.15) is 11.9 Å². The van der Waals surface area contributed by atoms with Gasteiger partial charge in [-0.2, -0.15) is 0 Å². The number of hydrogen-bond donors (Lipinski definition) is 0. The largest absolute Gasteiger partial charge is 0.485 e. The van der Waals surface area contributed by atoms with Gasteiger partial charge in [-0.1, -0.05) is 26.7 Å². The number of carbonyl (C=O) groups excluding carboxylic acids is 1. The van der Waals surface area contributed by atoms with Crippen LogP contribution in [0.4, 0.5) is 0 Å². The zero-order chi connectivity index (χ0) is 14.4. The van der Waals surface area contributed by atoms with Crippen LogP contribution < -0.4 is 4.74 Å². The lowest BCUT2D eigenvalue weighted by atomic mass is 9.95. The van der Waals surface area contributed by atoms with Crippen LogP contribution in [-0.4, -0.2) is 35.0 Å². The van der Waals surface area contributed by atoms with Crippen molar-refractivity contribution in [2.24, 2.45) is 5.92 Å². The maximum absolute atomic E-state index is 12.4. The molecule has 110 valence electrons. The van der Waals surface area contributed by atoms with Gasteiger partial charge in [0.2, 0.25) is 5.91 Å². The van der Waals surface area contributed by atoms with Crippen molar-refractivity contribution in [1.82, 2.24) is 9.88 Å². The first-order valence-electron chi connectivity index (χ1n) is 7.60. The molecule has 1 aliphatic heterocycles. The summed E-state index contributed by atoms with van der Waals surface area (Å²) >= 11 is 0. The molecule has 1 amide bonds. The summed E-state index contributed by atoms with van der Waals surface area (Å²) in [4.78, 5) is 18.3. The molecule has 0 N–H and O–H groups in total. The highest BCUT2D eigenvalue weighted by atomic mass is 16.5. The van der Waals surface area contributed by atoms with Gasteiger partial charge in [0, 0.05) is 12.1 Å². The molecule has 1 aromatic rings. The Balaban J connectivity index is 1.78. The van der Waals surface area contributed by atoms with Gasteiger partial charge in [-0.3, -0.25) is 9.78 Å². The Kier molecular flexibility index (Phi) is 5.39. The average Bonchev–Trinajstić information content (AvgIpc) is 2.42. The molecular formula is C16H24N2O2. The van der Waals surface area contributed by atoms with E-state index in [1.165, 1.54) is 0 Å². The summed E-state index contributed by atoms with van der Waals surface area (Å²) in [5.41, 5.74) is 0. The number of nitrogens with zero attached hydrogens (tertiary/aromatic N) is 2. The number of ether oxygens (including phenoxy) is 1. The maximum atomic E-state index is 12.4. The van der Waals surface area contributed by atoms with Crippen molar-refractivity contribution < 1.29 is 9.53 Å². The lowest BCUT2D eigenvalue weighted by Gasteiger charge is -2.40. The minimum absolute atomic E-state index is 0.118. The van der Waals surface area contributed by atoms with Gasteiger partial charge >= 0.3 is 0 Å². The van der Waals surface area contributed by atoms with Gasteiger partial charge in [-0.25, -0.2) is 0 Å². The zero-order valence-corrected chi connectivity index (χ0v) is 12.4. The lowest BCUT2D eigenvalue weighted by molar-refractivity contribution is -0.145. The number of rotatable bonds is 7. The molecule has 1 aliphatic rings. The quantitative estimate of drug-likeness (QED) is 0.769. The highest BCUT2D eigenvalue weighted by molar-refractivity contribution is 5.79. The summed E-state index contributed by atoms with van der Waals surface area (Å²) in [6.45, 7) is 5.69. The fraction of sp³-hybridized carbons (Fsp3) is 0.625. The van der Waals surface area contributed by atoms with Crippen LogP contribution in [0.3, 0.4) is 0 Å².